The molecular formula is C14H20BFN4O6. The molecule has 12 heteroatoms. The molecule has 26 heavy (non-hydrogen) atoms. The molecule has 2 unspecified atom stereocenters. The predicted octanol–water partition coefficient (Wildman–Crippen LogP) is -1.55. The van der Waals surface area contributed by atoms with Gasteiger partial charge in [0, 0.05) is 11.7 Å². The Bertz CT molecular complexity index is 788. The monoisotopic (exact) mass is 370 g/mol. The van der Waals surface area contributed by atoms with Crippen LogP contribution in [-0.4, -0.2) is 73.0 Å². The van der Waals surface area contributed by atoms with E-state index in [0.29, 0.717) is 6.61 Å². The number of hydrogen-bond donors (Lipinski definition) is 5. The number of ether oxygens (including phenoxy) is 1. The van der Waals surface area contributed by atoms with Gasteiger partial charge in [-0.25, -0.2) is 19.8 Å². The summed E-state index contributed by atoms with van der Waals surface area (Å²) in [6, 6.07) is 0. The van der Waals surface area contributed by atoms with Gasteiger partial charge in [0.25, 0.3) is 0 Å². The first-order valence-electron chi connectivity index (χ1n) is 8.05. The highest BCUT2D eigenvalue weighted by atomic mass is 19.1. The molecule has 2 aromatic rings. The van der Waals surface area contributed by atoms with E-state index in [-0.39, 0.29) is 22.3 Å². The molecule has 0 radical (unpaired) electrons. The van der Waals surface area contributed by atoms with Gasteiger partial charge in [-0.2, -0.15) is 0 Å². The molecule has 1 aliphatic rings. The summed E-state index contributed by atoms with van der Waals surface area (Å²) in [5, 5.41) is 39.0. The van der Waals surface area contributed by atoms with Crippen LogP contribution in [0.15, 0.2) is 12.5 Å². The van der Waals surface area contributed by atoms with E-state index in [2.05, 4.69) is 15.4 Å². The number of rotatable bonds is 6. The molecule has 0 bridgehead atoms. The normalized spacial score (nSPS) is 28.7. The molecular weight excluding hydrogens is 350 g/mol. The van der Waals surface area contributed by atoms with E-state index in [1.165, 1.54) is 17.1 Å². The number of aliphatic hydroxyl groups excluding tert-OH is 2. The maximum absolute atomic E-state index is 15.1. The predicted molar refractivity (Wildman–Crippen MR) is 89.1 cm³/mol. The second-order valence-electron chi connectivity index (χ2n) is 6.13. The van der Waals surface area contributed by atoms with Crippen LogP contribution in [0.1, 0.15) is 20.1 Å². The summed E-state index contributed by atoms with van der Waals surface area (Å²) < 4.78 is 21.8. The Kier molecular flexibility index (Phi) is 5.15. The van der Waals surface area contributed by atoms with E-state index < -0.39 is 37.8 Å². The maximum Gasteiger partial charge on any atom is 0.490 e. The van der Waals surface area contributed by atoms with Gasteiger partial charge in [0.2, 0.25) is 0 Å². The van der Waals surface area contributed by atoms with E-state index in [0.717, 1.165) is 6.92 Å². The van der Waals surface area contributed by atoms with Crippen LogP contribution in [0.5, 0.6) is 0 Å². The number of alkyl halides is 1. The zero-order chi connectivity index (χ0) is 19.1. The number of aromatic nitrogens is 3. The molecule has 0 aliphatic carbocycles. The first-order valence-corrected chi connectivity index (χ1v) is 8.05. The average Bonchev–Trinajstić information content (AvgIpc) is 3.09. The van der Waals surface area contributed by atoms with Crippen LogP contribution < -0.4 is 10.9 Å². The van der Waals surface area contributed by atoms with E-state index >= 15 is 4.39 Å². The van der Waals surface area contributed by atoms with Gasteiger partial charge in [0.05, 0.1) is 18.6 Å². The Hall–Kier alpha value is -1.83. The number of fused-ring (bicyclic) bond motifs is 1. The van der Waals surface area contributed by atoms with Crippen LogP contribution in [-0.2, 0) is 9.57 Å². The van der Waals surface area contributed by atoms with Gasteiger partial charge in [0.1, 0.15) is 24.2 Å². The Morgan fingerprint density at radius 2 is 2.19 bits per heavy atom. The Morgan fingerprint density at radius 1 is 1.46 bits per heavy atom. The van der Waals surface area contributed by atoms with Crippen LogP contribution in [0.3, 0.4) is 0 Å². The number of hydrogen-bond acceptors (Lipinski definition) is 9. The zero-order valence-electron chi connectivity index (χ0n) is 14.2. The first-order chi connectivity index (χ1) is 12.3. The fourth-order valence-electron chi connectivity index (χ4n) is 3.07. The summed E-state index contributed by atoms with van der Waals surface area (Å²) in [7, 11) is -1.89. The Balaban J connectivity index is 2.16. The van der Waals surface area contributed by atoms with Gasteiger partial charge >= 0.3 is 7.12 Å². The molecule has 4 atom stereocenters. The van der Waals surface area contributed by atoms with E-state index in [9.17, 15) is 20.3 Å². The molecule has 3 heterocycles. The largest absolute Gasteiger partial charge is 0.490 e. The first kappa shape index (κ1) is 19.0. The standard InChI is InChI=1S/C14H20BFN4O6/c1-3-25-19-11-9-7(15(23)24)4-20(12(9)18-6-17-11)13-14(2,16)10(22)8(5-21)26-13/h4,6,8,10,13,21-24H,3,5H2,1-2H3,(H,17,18,19)/t8?,10?,13-,14-/m1/s1. The quantitative estimate of drug-likeness (QED) is 0.302. The number of nitrogens with one attached hydrogen (secondary N) is 1. The van der Waals surface area contributed by atoms with Crippen molar-refractivity contribution in [2.75, 3.05) is 18.7 Å². The summed E-state index contributed by atoms with van der Waals surface area (Å²) in [6.07, 6.45) is -1.59. The fraction of sp³-hybridized carbons (Fsp3) is 0.571. The highest BCUT2D eigenvalue weighted by Gasteiger charge is 2.55. The zero-order valence-corrected chi connectivity index (χ0v) is 14.2. The van der Waals surface area contributed by atoms with Crippen molar-refractivity contribution in [3.63, 3.8) is 0 Å². The molecule has 1 aliphatic heterocycles. The minimum atomic E-state index is -2.25. The lowest BCUT2D eigenvalue weighted by molar-refractivity contribution is -0.0563. The van der Waals surface area contributed by atoms with Gasteiger partial charge in [-0.05, 0) is 13.8 Å². The van der Waals surface area contributed by atoms with E-state index in [1.807, 2.05) is 0 Å². The van der Waals surface area contributed by atoms with E-state index in [1.54, 1.807) is 6.92 Å². The molecule has 10 nitrogen and oxygen atoms in total. The molecule has 1 fully saturated rings. The molecule has 0 spiro atoms. The van der Waals surface area contributed by atoms with Crippen molar-refractivity contribution in [2.24, 2.45) is 0 Å². The van der Waals surface area contributed by atoms with Crippen molar-refractivity contribution in [3.8, 4) is 0 Å². The van der Waals surface area contributed by atoms with Crippen molar-refractivity contribution >= 4 is 29.4 Å². The van der Waals surface area contributed by atoms with Crippen molar-refractivity contribution < 1.29 is 34.2 Å². The van der Waals surface area contributed by atoms with Crippen LogP contribution in [0.4, 0.5) is 10.2 Å². The third-order valence-electron chi connectivity index (χ3n) is 4.38. The summed E-state index contributed by atoms with van der Waals surface area (Å²) in [6.45, 7) is 2.63. The minimum Gasteiger partial charge on any atom is -0.423 e. The average molecular weight is 370 g/mol. The van der Waals surface area contributed by atoms with Gasteiger partial charge < -0.3 is 29.6 Å². The lowest BCUT2D eigenvalue weighted by Gasteiger charge is -2.25. The molecule has 142 valence electrons. The third-order valence-corrected chi connectivity index (χ3v) is 4.38. The Morgan fingerprint density at radius 3 is 2.77 bits per heavy atom. The SMILES string of the molecule is CCONc1ncnc2c1c(B(O)O)cn2[C@@H]1OC(CO)C(O)[C@@]1(C)F. The number of anilines is 1. The second-order valence-corrected chi connectivity index (χ2v) is 6.13. The molecule has 0 saturated carbocycles. The molecule has 2 aromatic heterocycles. The summed E-state index contributed by atoms with van der Waals surface area (Å²) in [5.41, 5.74) is 0.468. The van der Waals surface area contributed by atoms with Crippen molar-refractivity contribution in [3.05, 3.63) is 12.5 Å². The van der Waals surface area contributed by atoms with Crippen molar-refractivity contribution in [1.29, 1.82) is 0 Å². The Labute approximate surface area is 148 Å². The molecule has 0 aromatic carbocycles. The van der Waals surface area contributed by atoms with E-state index in [4.69, 9.17) is 9.57 Å². The highest BCUT2D eigenvalue weighted by molar-refractivity contribution is 6.62. The van der Waals surface area contributed by atoms with Crippen LogP contribution in [0, 0.1) is 0 Å². The highest BCUT2D eigenvalue weighted by Crippen LogP contribution is 2.42. The molecule has 0 amide bonds. The third kappa shape index (κ3) is 2.94. The number of aliphatic hydroxyl groups is 2. The van der Waals surface area contributed by atoms with Crippen LogP contribution in [0.25, 0.3) is 11.0 Å². The van der Waals surface area contributed by atoms with Gasteiger partial charge in [-0.1, -0.05) is 0 Å². The summed E-state index contributed by atoms with van der Waals surface area (Å²) >= 11 is 0. The summed E-state index contributed by atoms with van der Waals surface area (Å²) in [5.74, 6) is 0.163. The second kappa shape index (κ2) is 7.06. The lowest BCUT2D eigenvalue weighted by Crippen LogP contribution is -2.40. The lowest BCUT2D eigenvalue weighted by atomic mass is 9.80. The molecule has 1 saturated heterocycles. The minimum absolute atomic E-state index is 0.00383. The molecule has 5 N–H and O–H groups in total. The fourth-order valence-corrected chi connectivity index (χ4v) is 3.07. The number of halogens is 1. The van der Waals surface area contributed by atoms with Crippen LogP contribution in [0.2, 0.25) is 0 Å². The molecule has 3 rings (SSSR count). The smallest absolute Gasteiger partial charge is 0.423 e. The topological polar surface area (TPSA) is 142 Å². The van der Waals surface area contributed by atoms with Crippen LogP contribution >= 0.6 is 0 Å². The summed E-state index contributed by atoms with van der Waals surface area (Å²) in [4.78, 5) is 13.2. The van der Waals surface area contributed by atoms with Gasteiger partial charge in [0.15, 0.2) is 17.7 Å². The number of nitrogens with zero attached hydrogens (tertiary/aromatic N) is 3. The van der Waals surface area contributed by atoms with Crippen molar-refractivity contribution in [1.82, 2.24) is 14.5 Å². The van der Waals surface area contributed by atoms with Gasteiger partial charge in [-0.3, -0.25) is 4.84 Å². The van der Waals surface area contributed by atoms with Gasteiger partial charge in [-0.15, -0.1) is 0 Å². The van der Waals surface area contributed by atoms with Crippen molar-refractivity contribution in [2.45, 2.75) is 38.0 Å². The maximum atomic E-state index is 15.1.